The number of H-pyrrole nitrogens is 1. The molecule has 242 valence electrons. The van der Waals surface area contributed by atoms with Crippen LogP contribution in [0.5, 0.6) is 0 Å². The van der Waals surface area contributed by atoms with E-state index in [-0.39, 0.29) is 41.1 Å². The molecule has 1 aromatic heterocycles. The summed E-state index contributed by atoms with van der Waals surface area (Å²) in [7, 11) is 0. The van der Waals surface area contributed by atoms with Crippen LogP contribution in [0.1, 0.15) is 101 Å². The van der Waals surface area contributed by atoms with Crippen molar-refractivity contribution < 1.29 is 14.3 Å². The first kappa shape index (κ1) is 34.7. The molecule has 12 heteroatoms. The second kappa shape index (κ2) is 14.5. The van der Waals surface area contributed by atoms with Gasteiger partial charge in [-0.2, -0.15) is 5.21 Å². The molecule has 0 aliphatic carbocycles. The largest absolute Gasteiger partial charge is 0.377 e. The van der Waals surface area contributed by atoms with E-state index >= 15 is 0 Å². The fraction of sp³-hybridized carbons (Fsp3) is 0.515. The molecule has 45 heavy (non-hydrogen) atoms. The molecule has 10 nitrogen and oxygen atoms in total. The highest BCUT2D eigenvalue weighted by molar-refractivity contribution is 6.39. The lowest BCUT2D eigenvalue weighted by molar-refractivity contribution is -0.103. The molecular weight excluding hydrogens is 613 g/mol. The molecule has 1 fully saturated rings. The molecule has 1 aliphatic heterocycles. The van der Waals surface area contributed by atoms with E-state index in [9.17, 15) is 9.59 Å². The predicted molar refractivity (Wildman–Crippen MR) is 177 cm³/mol. The van der Waals surface area contributed by atoms with Crippen molar-refractivity contribution in [1.29, 1.82) is 0 Å². The van der Waals surface area contributed by atoms with Gasteiger partial charge < -0.3 is 10.1 Å². The van der Waals surface area contributed by atoms with Crippen molar-refractivity contribution in [2.45, 2.75) is 91.6 Å². The number of aromatic amines is 1. The van der Waals surface area contributed by atoms with Gasteiger partial charge in [0, 0.05) is 40.1 Å². The Balaban J connectivity index is 1.70. The van der Waals surface area contributed by atoms with Gasteiger partial charge in [-0.1, -0.05) is 82.1 Å². The van der Waals surface area contributed by atoms with E-state index in [1.807, 2.05) is 24.3 Å². The molecule has 2 aromatic carbocycles. The maximum Gasteiger partial charge on any atom is 0.251 e. The van der Waals surface area contributed by atoms with Gasteiger partial charge in [-0.3, -0.25) is 19.9 Å². The van der Waals surface area contributed by atoms with Crippen LogP contribution < -0.4 is 10.6 Å². The third-order valence-electron chi connectivity index (χ3n) is 7.93. The number of carbonyl (C=O) groups is 2. The molecule has 3 N–H and O–H groups in total. The SMILES string of the molecule is CC(C)(C)CC[C@@H](NC1(N=C(C=O)c2cc(Cl)cc(Cl)c2)CCOC(C(C)(C)C)C1)c1ccc(C(=O)NCc2nn[nH]n2)cc1. The zero-order chi connectivity index (χ0) is 32.8. The van der Waals surface area contributed by atoms with E-state index in [0.717, 1.165) is 24.7 Å². The summed E-state index contributed by atoms with van der Waals surface area (Å²) < 4.78 is 6.25. The second-order valence-electron chi connectivity index (χ2n) is 13.9. The minimum Gasteiger partial charge on any atom is -0.377 e. The van der Waals surface area contributed by atoms with Gasteiger partial charge in [0.25, 0.3) is 5.91 Å². The van der Waals surface area contributed by atoms with E-state index < -0.39 is 5.66 Å². The highest BCUT2D eigenvalue weighted by atomic mass is 35.5. The molecular formula is C33H43Cl2N7O3. The van der Waals surface area contributed by atoms with E-state index in [1.54, 1.807) is 18.2 Å². The quantitative estimate of drug-likeness (QED) is 0.158. The number of aromatic nitrogens is 4. The highest BCUT2D eigenvalue weighted by Gasteiger charge is 2.43. The molecule has 1 aliphatic rings. The Bertz CT molecular complexity index is 1460. The number of nitrogens with zero attached hydrogens (tertiary/aromatic N) is 4. The Morgan fingerprint density at radius 2 is 1.80 bits per heavy atom. The van der Waals surface area contributed by atoms with E-state index in [1.165, 1.54) is 0 Å². The monoisotopic (exact) mass is 655 g/mol. The fourth-order valence-electron chi connectivity index (χ4n) is 5.36. The van der Waals surface area contributed by atoms with Crippen molar-refractivity contribution >= 4 is 41.1 Å². The number of aldehydes is 1. The fourth-order valence-corrected chi connectivity index (χ4v) is 5.89. The molecule has 0 radical (unpaired) electrons. The summed E-state index contributed by atoms with van der Waals surface area (Å²) >= 11 is 12.6. The number of rotatable bonds is 11. The lowest BCUT2D eigenvalue weighted by Crippen LogP contribution is -2.54. The number of nitrogens with one attached hydrogen (secondary N) is 3. The minimum atomic E-state index is -0.815. The highest BCUT2D eigenvalue weighted by Crippen LogP contribution is 2.39. The first-order valence-corrected chi connectivity index (χ1v) is 15.9. The third-order valence-corrected chi connectivity index (χ3v) is 8.36. The molecule has 2 heterocycles. The van der Waals surface area contributed by atoms with Crippen LogP contribution in [-0.2, 0) is 16.1 Å². The molecule has 1 saturated heterocycles. The topological polar surface area (TPSA) is 134 Å². The number of halogens is 2. The van der Waals surface area contributed by atoms with Crippen molar-refractivity contribution in [2.75, 3.05) is 6.61 Å². The summed E-state index contributed by atoms with van der Waals surface area (Å²) in [6.45, 7) is 13.7. The summed E-state index contributed by atoms with van der Waals surface area (Å²) in [6.07, 6.45) is 3.52. The maximum atomic E-state index is 12.8. The van der Waals surface area contributed by atoms with Crippen LogP contribution in [0.2, 0.25) is 10.0 Å². The molecule has 0 spiro atoms. The van der Waals surface area contributed by atoms with E-state index in [4.69, 9.17) is 32.9 Å². The average Bonchev–Trinajstić information content (AvgIpc) is 3.50. The molecule has 2 unspecified atom stereocenters. The van der Waals surface area contributed by atoms with Gasteiger partial charge in [-0.15, -0.1) is 10.2 Å². The number of amides is 1. The minimum absolute atomic E-state index is 0.0838. The smallest absolute Gasteiger partial charge is 0.251 e. The molecule has 4 rings (SSSR count). The maximum absolute atomic E-state index is 12.8. The van der Waals surface area contributed by atoms with E-state index in [0.29, 0.717) is 46.4 Å². The van der Waals surface area contributed by atoms with Gasteiger partial charge in [0.15, 0.2) is 12.1 Å². The van der Waals surface area contributed by atoms with Crippen molar-refractivity contribution in [2.24, 2.45) is 15.8 Å². The Morgan fingerprint density at radius 1 is 1.11 bits per heavy atom. The lowest BCUT2D eigenvalue weighted by atomic mass is 9.80. The number of ether oxygens (including phenoxy) is 1. The molecule has 1 amide bonds. The van der Waals surface area contributed by atoms with Crippen LogP contribution in [0.15, 0.2) is 47.5 Å². The number of benzene rings is 2. The Kier molecular flexibility index (Phi) is 11.2. The van der Waals surface area contributed by atoms with Gasteiger partial charge in [-0.05, 0) is 59.6 Å². The van der Waals surface area contributed by atoms with E-state index in [2.05, 4.69) is 72.8 Å². The normalized spacial score (nSPS) is 20.1. The first-order valence-electron chi connectivity index (χ1n) is 15.2. The van der Waals surface area contributed by atoms with Crippen molar-refractivity contribution in [3.8, 4) is 0 Å². The number of carbonyl (C=O) groups excluding carboxylic acids is 2. The summed E-state index contributed by atoms with van der Waals surface area (Å²) in [5, 5.41) is 21.2. The zero-order valence-corrected chi connectivity index (χ0v) is 28.3. The van der Waals surface area contributed by atoms with Crippen LogP contribution >= 0.6 is 23.2 Å². The van der Waals surface area contributed by atoms with Gasteiger partial charge in [-0.25, -0.2) is 0 Å². The second-order valence-corrected chi connectivity index (χ2v) is 14.8. The zero-order valence-electron chi connectivity index (χ0n) is 26.8. The Morgan fingerprint density at radius 3 is 2.38 bits per heavy atom. The van der Waals surface area contributed by atoms with Crippen molar-refractivity contribution in [3.63, 3.8) is 0 Å². The number of aliphatic imine (C=N–C) groups is 1. The Hall–Kier alpha value is -3.18. The van der Waals surface area contributed by atoms with Crippen molar-refractivity contribution in [1.82, 2.24) is 31.3 Å². The summed E-state index contributed by atoms with van der Waals surface area (Å²) in [5.74, 6) is 0.164. The van der Waals surface area contributed by atoms with Crippen molar-refractivity contribution in [3.05, 3.63) is 75.0 Å². The van der Waals surface area contributed by atoms with Crippen LogP contribution in [0.25, 0.3) is 0 Å². The average molecular weight is 657 g/mol. The van der Waals surface area contributed by atoms with Crippen LogP contribution in [-0.4, -0.2) is 56.9 Å². The predicted octanol–water partition coefficient (Wildman–Crippen LogP) is 6.50. The summed E-state index contributed by atoms with van der Waals surface area (Å²) in [4.78, 5) is 30.5. The van der Waals surface area contributed by atoms with Gasteiger partial charge in [0.05, 0.1) is 19.3 Å². The van der Waals surface area contributed by atoms with Crippen LogP contribution in [0, 0.1) is 10.8 Å². The van der Waals surface area contributed by atoms with Gasteiger partial charge >= 0.3 is 0 Å². The Labute approximate surface area is 275 Å². The third kappa shape index (κ3) is 9.90. The van der Waals surface area contributed by atoms with Gasteiger partial charge in [0.1, 0.15) is 11.4 Å². The lowest BCUT2D eigenvalue weighted by Gasteiger charge is -2.45. The number of hydrogen-bond donors (Lipinski definition) is 3. The summed E-state index contributed by atoms with van der Waals surface area (Å²) in [6, 6.07) is 12.5. The standard InChI is InChI=1S/C33H43Cl2N7O3/c1-31(2,3)12-11-26(21-7-9-22(10-8-21)30(44)36-19-29-39-41-42-40-29)37-33(13-14-45-28(18-33)32(4,5)6)38-27(20-43)23-15-24(34)17-25(35)16-23/h7-10,15-17,20,26,28,37H,11-14,18-19H2,1-6H3,(H,36,44)(H,39,40,41,42)/t26-,28?,33?/m1/s1. The first-order chi connectivity index (χ1) is 21.2. The summed E-state index contributed by atoms with van der Waals surface area (Å²) in [5.41, 5.74) is 1.48. The number of hydrogen-bond acceptors (Lipinski definition) is 8. The number of tetrazole rings is 1. The molecule has 3 aromatic rings. The van der Waals surface area contributed by atoms with Gasteiger partial charge in [0.2, 0.25) is 0 Å². The molecule has 0 saturated carbocycles. The van der Waals surface area contributed by atoms with Crippen LogP contribution in [0.3, 0.4) is 0 Å². The molecule has 3 atom stereocenters. The van der Waals surface area contributed by atoms with Crippen LogP contribution in [0.4, 0.5) is 0 Å². The molecule has 0 bridgehead atoms.